The Morgan fingerprint density at radius 1 is 1.32 bits per heavy atom. The van der Waals surface area contributed by atoms with E-state index in [0.717, 1.165) is 31.4 Å². The molecule has 0 spiro atoms. The molecule has 0 aliphatic carbocycles. The fraction of sp³-hybridized carbons (Fsp3) is 0.667. The Balaban J connectivity index is 1.70. The molecule has 122 valence electrons. The molecule has 2 rings (SSSR count). The largest absolute Gasteiger partial charge is 0.372 e. The molecule has 1 saturated heterocycles. The molecule has 2 heterocycles. The van der Waals surface area contributed by atoms with Crippen LogP contribution in [0, 0.1) is 0 Å². The highest BCUT2D eigenvalue weighted by Gasteiger charge is 2.25. The van der Waals surface area contributed by atoms with Gasteiger partial charge in [0.25, 0.3) is 0 Å². The molecule has 22 heavy (non-hydrogen) atoms. The SMILES string of the molecule is CCCCCCCC(=O)N[C@@H]1CCO[C@@H](c2ccccn2)C1. The second-order valence-electron chi connectivity index (χ2n) is 6.07. The summed E-state index contributed by atoms with van der Waals surface area (Å²) in [5.74, 6) is 0.183. The number of carbonyl (C=O) groups is 1. The van der Waals surface area contributed by atoms with Crippen molar-refractivity contribution in [2.24, 2.45) is 0 Å². The molecule has 0 aromatic carbocycles. The molecule has 2 atom stereocenters. The van der Waals surface area contributed by atoms with Gasteiger partial charge in [-0.15, -0.1) is 0 Å². The zero-order chi connectivity index (χ0) is 15.6. The van der Waals surface area contributed by atoms with Gasteiger partial charge in [-0.25, -0.2) is 0 Å². The minimum Gasteiger partial charge on any atom is -0.372 e. The first-order valence-electron chi connectivity index (χ1n) is 8.61. The van der Waals surface area contributed by atoms with Crippen LogP contribution in [0.4, 0.5) is 0 Å². The third-order valence-corrected chi connectivity index (χ3v) is 4.17. The first-order valence-corrected chi connectivity index (χ1v) is 8.61. The summed E-state index contributed by atoms with van der Waals surface area (Å²) in [6.07, 6.45) is 10.1. The molecule has 0 bridgehead atoms. The topological polar surface area (TPSA) is 51.2 Å². The minimum atomic E-state index is 0.00445. The summed E-state index contributed by atoms with van der Waals surface area (Å²) in [4.78, 5) is 16.4. The summed E-state index contributed by atoms with van der Waals surface area (Å²) in [6.45, 7) is 2.89. The standard InChI is InChI=1S/C18H28N2O2/c1-2-3-4-5-6-10-18(21)20-15-11-13-22-17(14-15)16-9-7-8-12-19-16/h7-9,12,15,17H,2-6,10-11,13-14H2,1H3,(H,20,21)/t15-,17-/m1/s1. The van der Waals surface area contributed by atoms with Gasteiger partial charge in [0.15, 0.2) is 0 Å². The maximum Gasteiger partial charge on any atom is 0.220 e. The number of hydrogen-bond acceptors (Lipinski definition) is 3. The van der Waals surface area contributed by atoms with Gasteiger partial charge in [-0.3, -0.25) is 9.78 Å². The molecule has 4 heteroatoms. The molecule has 1 fully saturated rings. The Morgan fingerprint density at radius 2 is 2.18 bits per heavy atom. The molecular formula is C18H28N2O2. The van der Waals surface area contributed by atoms with Crippen LogP contribution in [0.2, 0.25) is 0 Å². The van der Waals surface area contributed by atoms with E-state index in [0.29, 0.717) is 13.0 Å². The van der Waals surface area contributed by atoms with Crippen LogP contribution in [0.25, 0.3) is 0 Å². The van der Waals surface area contributed by atoms with Gasteiger partial charge in [0.2, 0.25) is 5.91 Å². The third-order valence-electron chi connectivity index (χ3n) is 4.17. The smallest absolute Gasteiger partial charge is 0.220 e. The van der Waals surface area contributed by atoms with Gasteiger partial charge in [-0.05, 0) is 31.4 Å². The molecule has 4 nitrogen and oxygen atoms in total. The Kier molecular flexibility index (Phi) is 7.37. The van der Waals surface area contributed by atoms with E-state index in [-0.39, 0.29) is 18.1 Å². The number of ether oxygens (including phenoxy) is 1. The van der Waals surface area contributed by atoms with E-state index in [4.69, 9.17) is 4.74 Å². The summed E-state index contributed by atoms with van der Waals surface area (Å²) in [6, 6.07) is 6.08. The average Bonchev–Trinajstić information content (AvgIpc) is 2.56. The lowest BCUT2D eigenvalue weighted by Crippen LogP contribution is -2.39. The van der Waals surface area contributed by atoms with Gasteiger partial charge >= 0.3 is 0 Å². The number of hydrogen-bond donors (Lipinski definition) is 1. The first-order chi connectivity index (χ1) is 10.8. The molecule has 1 N–H and O–H groups in total. The van der Waals surface area contributed by atoms with Crippen LogP contribution in [0.15, 0.2) is 24.4 Å². The zero-order valence-electron chi connectivity index (χ0n) is 13.6. The van der Waals surface area contributed by atoms with Gasteiger partial charge in [0.1, 0.15) is 6.10 Å². The minimum absolute atomic E-state index is 0.00445. The Hall–Kier alpha value is -1.42. The summed E-state index contributed by atoms with van der Waals surface area (Å²) < 4.78 is 5.79. The summed E-state index contributed by atoms with van der Waals surface area (Å²) in [5.41, 5.74) is 0.959. The second kappa shape index (κ2) is 9.57. The Morgan fingerprint density at radius 3 is 2.95 bits per heavy atom. The third kappa shape index (κ3) is 5.76. The highest BCUT2D eigenvalue weighted by atomic mass is 16.5. The highest BCUT2D eigenvalue weighted by molar-refractivity contribution is 5.76. The molecule has 0 radical (unpaired) electrons. The molecular weight excluding hydrogens is 276 g/mol. The van der Waals surface area contributed by atoms with E-state index in [1.165, 1.54) is 19.3 Å². The molecule has 1 aliphatic heterocycles. The highest BCUT2D eigenvalue weighted by Crippen LogP contribution is 2.26. The molecule has 0 unspecified atom stereocenters. The first kappa shape index (κ1) is 16.9. The van der Waals surface area contributed by atoms with Crippen LogP contribution >= 0.6 is 0 Å². The molecule has 1 aromatic rings. The van der Waals surface area contributed by atoms with E-state index in [2.05, 4.69) is 17.2 Å². The lowest BCUT2D eigenvalue weighted by molar-refractivity contribution is -0.123. The summed E-state index contributed by atoms with van der Waals surface area (Å²) in [7, 11) is 0. The van der Waals surface area contributed by atoms with Gasteiger partial charge < -0.3 is 10.1 Å². The predicted molar refractivity (Wildman–Crippen MR) is 87.5 cm³/mol. The van der Waals surface area contributed by atoms with Gasteiger partial charge in [0.05, 0.1) is 5.69 Å². The monoisotopic (exact) mass is 304 g/mol. The average molecular weight is 304 g/mol. The van der Waals surface area contributed by atoms with Crippen LogP contribution in [0.5, 0.6) is 0 Å². The van der Waals surface area contributed by atoms with E-state index in [1.54, 1.807) is 6.20 Å². The van der Waals surface area contributed by atoms with E-state index in [1.807, 2.05) is 18.2 Å². The van der Waals surface area contributed by atoms with Crippen molar-refractivity contribution < 1.29 is 9.53 Å². The van der Waals surface area contributed by atoms with Crippen LogP contribution in [0.3, 0.4) is 0 Å². The van der Waals surface area contributed by atoms with Crippen molar-refractivity contribution in [2.45, 2.75) is 70.4 Å². The Labute approximate surface area is 133 Å². The second-order valence-corrected chi connectivity index (χ2v) is 6.07. The zero-order valence-corrected chi connectivity index (χ0v) is 13.6. The fourth-order valence-electron chi connectivity index (χ4n) is 2.89. The van der Waals surface area contributed by atoms with Crippen LogP contribution < -0.4 is 5.32 Å². The number of nitrogens with zero attached hydrogens (tertiary/aromatic N) is 1. The van der Waals surface area contributed by atoms with Gasteiger partial charge in [0, 0.05) is 25.3 Å². The number of unbranched alkanes of at least 4 members (excludes halogenated alkanes) is 4. The van der Waals surface area contributed by atoms with Crippen molar-refractivity contribution in [3.8, 4) is 0 Å². The number of nitrogens with one attached hydrogen (secondary N) is 1. The van der Waals surface area contributed by atoms with E-state index >= 15 is 0 Å². The van der Waals surface area contributed by atoms with Crippen molar-refractivity contribution in [3.05, 3.63) is 30.1 Å². The van der Waals surface area contributed by atoms with Crippen molar-refractivity contribution in [1.82, 2.24) is 10.3 Å². The molecule has 1 amide bonds. The maximum atomic E-state index is 12.0. The van der Waals surface area contributed by atoms with Gasteiger partial charge in [-0.2, -0.15) is 0 Å². The normalized spacial score (nSPS) is 21.5. The summed E-state index contributed by atoms with van der Waals surface area (Å²) in [5, 5.41) is 3.16. The number of pyridine rings is 1. The fourth-order valence-corrected chi connectivity index (χ4v) is 2.89. The lowest BCUT2D eigenvalue weighted by atomic mass is 10.00. The lowest BCUT2D eigenvalue weighted by Gasteiger charge is -2.29. The van der Waals surface area contributed by atoms with E-state index in [9.17, 15) is 4.79 Å². The molecule has 0 saturated carbocycles. The molecule has 1 aromatic heterocycles. The Bertz CT molecular complexity index is 436. The van der Waals surface area contributed by atoms with Crippen molar-refractivity contribution in [2.75, 3.05) is 6.61 Å². The number of rotatable bonds is 8. The number of aromatic nitrogens is 1. The van der Waals surface area contributed by atoms with Crippen LogP contribution in [0.1, 0.15) is 70.1 Å². The van der Waals surface area contributed by atoms with Crippen molar-refractivity contribution >= 4 is 5.91 Å². The van der Waals surface area contributed by atoms with Crippen molar-refractivity contribution in [3.63, 3.8) is 0 Å². The predicted octanol–water partition coefficient (Wildman–Crippen LogP) is 3.78. The number of carbonyl (C=O) groups excluding carboxylic acids is 1. The summed E-state index contributed by atoms with van der Waals surface area (Å²) >= 11 is 0. The maximum absolute atomic E-state index is 12.0. The van der Waals surface area contributed by atoms with Gasteiger partial charge in [-0.1, -0.05) is 38.7 Å². The van der Waals surface area contributed by atoms with E-state index < -0.39 is 0 Å². The number of amides is 1. The quantitative estimate of drug-likeness (QED) is 0.744. The van der Waals surface area contributed by atoms with Crippen LogP contribution in [-0.4, -0.2) is 23.5 Å². The van der Waals surface area contributed by atoms with Crippen molar-refractivity contribution in [1.29, 1.82) is 0 Å². The van der Waals surface area contributed by atoms with Crippen LogP contribution in [-0.2, 0) is 9.53 Å². The molecule has 1 aliphatic rings.